The quantitative estimate of drug-likeness (QED) is 0.428. The third-order valence-corrected chi connectivity index (χ3v) is 1.05. The van der Waals surface area contributed by atoms with Crippen LogP contribution in [0.4, 0.5) is 0 Å². The fourth-order valence-electron chi connectivity index (χ4n) is 0.564. The number of ether oxygens (including phenoxy) is 2. The lowest BCUT2D eigenvalue weighted by atomic mass is 10.3. The summed E-state index contributed by atoms with van der Waals surface area (Å²) in [5, 5.41) is 0. The Morgan fingerprint density at radius 1 is 1.30 bits per heavy atom. The van der Waals surface area contributed by atoms with Crippen molar-refractivity contribution in [3.05, 3.63) is 0 Å². The molecule has 0 fully saturated rings. The van der Waals surface area contributed by atoms with E-state index in [0.717, 1.165) is 19.4 Å². The molecular weight excluding hydrogens is 132 g/mol. The summed E-state index contributed by atoms with van der Waals surface area (Å²) in [6.45, 7) is 2.66. The van der Waals surface area contributed by atoms with Crippen molar-refractivity contribution in [3.63, 3.8) is 0 Å². The Hall–Kier alpha value is -0.570. The largest absolute Gasteiger partial charge is 0.466 e. The first-order valence-corrected chi connectivity index (χ1v) is 3.39. The highest BCUT2D eigenvalue weighted by atomic mass is 16.5. The summed E-state index contributed by atoms with van der Waals surface area (Å²) in [5.41, 5.74) is 0. The third kappa shape index (κ3) is 7.43. The van der Waals surface area contributed by atoms with E-state index in [2.05, 4.69) is 0 Å². The van der Waals surface area contributed by atoms with Gasteiger partial charge in [-0.15, -0.1) is 0 Å². The fourth-order valence-corrected chi connectivity index (χ4v) is 0.564. The predicted octanol–water partition coefficient (Wildman–Crippen LogP) is 0.976. The van der Waals surface area contributed by atoms with Crippen LogP contribution in [0.3, 0.4) is 0 Å². The maximum Gasteiger partial charge on any atom is 0.302 e. The Labute approximate surface area is 61.3 Å². The molecule has 0 aromatic rings. The Kier molecular flexibility index (Phi) is 6.18. The van der Waals surface area contributed by atoms with Gasteiger partial charge in [0.05, 0.1) is 6.61 Å². The maximum absolute atomic E-state index is 10.2. The first-order chi connectivity index (χ1) is 4.77. The lowest BCUT2D eigenvalue weighted by molar-refractivity contribution is -0.141. The molecule has 3 heteroatoms. The second-order valence-corrected chi connectivity index (χ2v) is 2.04. The Morgan fingerprint density at radius 2 is 1.90 bits per heavy atom. The van der Waals surface area contributed by atoms with Crippen molar-refractivity contribution in [3.8, 4) is 0 Å². The van der Waals surface area contributed by atoms with Gasteiger partial charge in [-0.25, -0.2) is 0 Å². The molecule has 0 spiro atoms. The molecule has 0 bridgehead atoms. The van der Waals surface area contributed by atoms with E-state index in [-0.39, 0.29) is 5.97 Å². The molecule has 0 amide bonds. The zero-order valence-corrected chi connectivity index (χ0v) is 6.55. The number of hydrogen-bond donors (Lipinski definition) is 0. The zero-order valence-electron chi connectivity index (χ0n) is 6.55. The minimum atomic E-state index is -0.211. The molecule has 0 aliphatic carbocycles. The standard InChI is InChI=1S/C7H14O3/c1-7(8)10-6-4-3-5-9-2/h3-6H2,1-2H3. The second-order valence-electron chi connectivity index (χ2n) is 2.04. The molecule has 3 nitrogen and oxygen atoms in total. The number of methoxy groups -OCH3 is 1. The maximum atomic E-state index is 10.2. The fraction of sp³-hybridized carbons (Fsp3) is 0.857. The minimum absolute atomic E-state index is 0.211. The summed E-state index contributed by atoms with van der Waals surface area (Å²) in [6, 6.07) is 0. The van der Waals surface area contributed by atoms with Gasteiger partial charge in [-0.3, -0.25) is 4.79 Å². The summed E-state index contributed by atoms with van der Waals surface area (Å²) < 4.78 is 9.50. The molecule has 0 aliphatic rings. The molecular formula is C7H14O3. The number of esters is 1. The van der Waals surface area contributed by atoms with E-state index in [1.165, 1.54) is 6.92 Å². The number of unbranched alkanes of at least 4 members (excludes halogenated alkanes) is 1. The molecule has 0 N–H and O–H groups in total. The van der Waals surface area contributed by atoms with Crippen LogP contribution in [0.2, 0.25) is 0 Å². The third-order valence-electron chi connectivity index (χ3n) is 1.05. The first-order valence-electron chi connectivity index (χ1n) is 3.39. The Bertz CT molecular complexity index is 90.9. The van der Waals surface area contributed by atoms with Gasteiger partial charge >= 0.3 is 5.97 Å². The van der Waals surface area contributed by atoms with Crippen LogP contribution in [0.25, 0.3) is 0 Å². The monoisotopic (exact) mass is 146 g/mol. The summed E-state index contributed by atoms with van der Waals surface area (Å²) in [7, 11) is 1.66. The van der Waals surface area contributed by atoms with Gasteiger partial charge in [0.15, 0.2) is 0 Å². The van der Waals surface area contributed by atoms with E-state index >= 15 is 0 Å². The van der Waals surface area contributed by atoms with Crippen LogP contribution < -0.4 is 0 Å². The minimum Gasteiger partial charge on any atom is -0.466 e. The molecule has 0 aliphatic heterocycles. The molecule has 0 aromatic heterocycles. The van der Waals surface area contributed by atoms with Gasteiger partial charge < -0.3 is 9.47 Å². The molecule has 0 aromatic carbocycles. The summed E-state index contributed by atoms with van der Waals surface area (Å²) >= 11 is 0. The van der Waals surface area contributed by atoms with Crippen LogP contribution in [0.1, 0.15) is 19.8 Å². The van der Waals surface area contributed by atoms with E-state index < -0.39 is 0 Å². The van der Waals surface area contributed by atoms with E-state index in [1.807, 2.05) is 0 Å². The van der Waals surface area contributed by atoms with Crippen LogP contribution >= 0.6 is 0 Å². The smallest absolute Gasteiger partial charge is 0.302 e. The highest BCUT2D eigenvalue weighted by Crippen LogP contribution is 1.90. The van der Waals surface area contributed by atoms with Crippen molar-refractivity contribution >= 4 is 5.97 Å². The molecule has 0 radical (unpaired) electrons. The van der Waals surface area contributed by atoms with Crippen LogP contribution in [-0.4, -0.2) is 26.3 Å². The van der Waals surface area contributed by atoms with Gasteiger partial charge in [0.25, 0.3) is 0 Å². The molecule has 60 valence electrons. The van der Waals surface area contributed by atoms with E-state index in [4.69, 9.17) is 9.47 Å². The second kappa shape index (κ2) is 6.55. The lowest BCUT2D eigenvalue weighted by Crippen LogP contribution is -2.01. The summed E-state index contributed by atoms with van der Waals surface area (Å²) in [5.74, 6) is -0.211. The molecule has 0 rings (SSSR count). The van der Waals surface area contributed by atoms with Crippen molar-refractivity contribution in [1.82, 2.24) is 0 Å². The average Bonchev–Trinajstić information content (AvgIpc) is 1.87. The van der Waals surface area contributed by atoms with Crippen molar-refractivity contribution in [2.75, 3.05) is 20.3 Å². The van der Waals surface area contributed by atoms with E-state index in [0.29, 0.717) is 6.61 Å². The molecule has 0 heterocycles. The van der Waals surface area contributed by atoms with Crippen LogP contribution in [0.15, 0.2) is 0 Å². The average molecular weight is 146 g/mol. The normalized spacial score (nSPS) is 9.40. The molecule has 0 unspecified atom stereocenters. The van der Waals surface area contributed by atoms with Crippen LogP contribution in [0.5, 0.6) is 0 Å². The van der Waals surface area contributed by atoms with Gasteiger partial charge in [0.1, 0.15) is 0 Å². The predicted molar refractivity (Wildman–Crippen MR) is 37.7 cm³/mol. The van der Waals surface area contributed by atoms with Crippen molar-refractivity contribution in [2.24, 2.45) is 0 Å². The van der Waals surface area contributed by atoms with Crippen molar-refractivity contribution < 1.29 is 14.3 Å². The number of carbonyl (C=O) groups excluding carboxylic acids is 1. The van der Waals surface area contributed by atoms with Crippen LogP contribution in [-0.2, 0) is 14.3 Å². The highest BCUT2D eigenvalue weighted by Gasteiger charge is 1.91. The number of hydrogen-bond acceptors (Lipinski definition) is 3. The van der Waals surface area contributed by atoms with Gasteiger partial charge in [-0.1, -0.05) is 0 Å². The number of carbonyl (C=O) groups is 1. The molecule has 10 heavy (non-hydrogen) atoms. The Balaban J connectivity index is 2.84. The number of rotatable bonds is 5. The Morgan fingerprint density at radius 3 is 2.40 bits per heavy atom. The topological polar surface area (TPSA) is 35.5 Å². The first kappa shape index (κ1) is 9.43. The zero-order chi connectivity index (χ0) is 7.82. The molecule has 0 saturated heterocycles. The molecule has 0 atom stereocenters. The van der Waals surface area contributed by atoms with Crippen molar-refractivity contribution in [2.45, 2.75) is 19.8 Å². The van der Waals surface area contributed by atoms with Gasteiger partial charge in [0, 0.05) is 20.6 Å². The van der Waals surface area contributed by atoms with E-state index in [1.54, 1.807) is 7.11 Å². The lowest BCUT2D eigenvalue weighted by Gasteiger charge is -1.99. The van der Waals surface area contributed by atoms with Gasteiger partial charge in [-0.2, -0.15) is 0 Å². The summed E-state index contributed by atoms with van der Waals surface area (Å²) in [4.78, 5) is 10.2. The SMILES string of the molecule is COCCCCOC(C)=O. The van der Waals surface area contributed by atoms with Gasteiger partial charge in [-0.05, 0) is 12.8 Å². The van der Waals surface area contributed by atoms with E-state index in [9.17, 15) is 4.79 Å². The van der Waals surface area contributed by atoms with Crippen molar-refractivity contribution in [1.29, 1.82) is 0 Å². The summed E-state index contributed by atoms with van der Waals surface area (Å²) in [6.07, 6.45) is 1.83. The van der Waals surface area contributed by atoms with Crippen LogP contribution in [0, 0.1) is 0 Å². The highest BCUT2D eigenvalue weighted by molar-refractivity contribution is 5.65. The molecule has 0 saturated carbocycles. The van der Waals surface area contributed by atoms with Gasteiger partial charge in [0.2, 0.25) is 0 Å².